The predicted molar refractivity (Wildman–Crippen MR) is 146 cm³/mol. The molecule has 1 unspecified atom stereocenters. The molecule has 0 saturated heterocycles. The van der Waals surface area contributed by atoms with Gasteiger partial charge in [0.25, 0.3) is 0 Å². The summed E-state index contributed by atoms with van der Waals surface area (Å²) in [5, 5.41) is 3.24. The number of hydrogen-bond acceptors (Lipinski definition) is 5. The summed E-state index contributed by atoms with van der Waals surface area (Å²) in [4.78, 5) is 32.1. The SMILES string of the molecule is COc1ccc(CN2C(=O)C(NC(=O)C[C@H](N)Cc3ccccc3F)Cc3ncccc32)cc1Cl.Cl.Cl. The lowest BCUT2D eigenvalue weighted by atomic mass is 9.99. The maximum Gasteiger partial charge on any atom is 0.250 e. The van der Waals surface area contributed by atoms with Crippen molar-refractivity contribution in [3.63, 3.8) is 0 Å². The van der Waals surface area contributed by atoms with E-state index in [0.717, 1.165) is 5.56 Å². The Kier molecular flexibility index (Phi) is 11.1. The lowest BCUT2D eigenvalue weighted by Gasteiger charge is -2.34. The van der Waals surface area contributed by atoms with Crippen LogP contribution in [0.15, 0.2) is 60.8 Å². The van der Waals surface area contributed by atoms with E-state index in [2.05, 4.69) is 10.3 Å². The van der Waals surface area contributed by atoms with E-state index in [1.54, 1.807) is 47.5 Å². The van der Waals surface area contributed by atoms with Gasteiger partial charge in [0.05, 0.1) is 30.1 Å². The second kappa shape index (κ2) is 13.6. The number of ether oxygens (including phenoxy) is 1. The third-order valence-electron chi connectivity index (χ3n) is 5.90. The Balaban J connectivity index is 0.00000241. The number of hydrogen-bond donors (Lipinski definition) is 2. The summed E-state index contributed by atoms with van der Waals surface area (Å²) >= 11 is 6.26. The molecule has 4 rings (SSSR count). The third kappa shape index (κ3) is 7.32. The van der Waals surface area contributed by atoms with Gasteiger partial charge >= 0.3 is 0 Å². The van der Waals surface area contributed by atoms with Crippen LogP contribution in [-0.2, 0) is 29.0 Å². The molecular formula is C26H28Cl3FN4O3. The molecule has 198 valence electrons. The highest BCUT2D eigenvalue weighted by atomic mass is 35.5. The Morgan fingerprint density at radius 3 is 2.70 bits per heavy atom. The molecule has 2 amide bonds. The first-order chi connectivity index (χ1) is 16.9. The van der Waals surface area contributed by atoms with E-state index in [1.807, 2.05) is 12.1 Å². The zero-order chi connectivity index (χ0) is 24.9. The third-order valence-corrected chi connectivity index (χ3v) is 6.19. The molecule has 1 aliphatic rings. The minimum Gasteiger partial charge on any atom is -0.495 e. The summed E-state index contributed by atoms with van der Waals surface area (Å²) in [6.45, 7) is 0.250. The Morgan fingerprint density at radius 2 is 2.00 bits per heavy atom. The van der Waals surface area contributed by atoms with Gasteiger partial charge in [-0.2, -0.15) is 0 Å². The molecule has 0 bridgehead atoms. The highest BCUT2D eigenvalue weighted by Crippen LogP contribution is 2.30. The Hall–Kier alpha value is -2.91. The van der Waals surface area contributed by atoms with Gasteiger partial charge in [0.2, 0.25) is 11.8 Å². The number of pyridine rings is 1. The molecule has 2 aromatic carbocycles. The smallest absolute Gasteiger partial charge is 0.250 e. The van der Waals surface area contributed by atoms with E-state index in [1.165, 1.54) is 13.2 Å². The van der Waals surface area contributed by atoms with E-state index in [9.17, 15) is 14.0 Å². The fourth-order valence-electron chi connectivity index (χ4n) is 4.20. The summed E-state index contributed by atoms with van der Waals surface area (Å²) in [5.74, 6) is -0.449. The van der Waals surface area contributed by atoms with Crippen molar-refractivity contribution in [2.75, 3.05) is 12.0 Å². The number of halogens is 4. The fourth-order valence-corrected chi connectivity index (χ4v) is 4.48. The van der Waals surface area contributed by atoms with Crippen molar-refractivity contribution in [2.45, 2.75) is 37.9 Å². The number of nitrogens with two attached hydrogens (primary N) is 1. The van der Waals surface area contributed by atoms with Crippen LogP contribution in [0, 0.1) is 5.82 Å². The first-order valence-corrected chi connectivity index (χ1v) is 11.6. The van der Waals surface area contributed by atoms with Crippen molar-refractivity contribution >= 4 is 53.9 Å². The van der Waals surface area contributed by atoms with Crippen molar-refractivity contribution in [1.29, 1.82) is 0 Å². The molecule has 37 heavy (non-hydrogen) atoms. The normalized spacial score (nSPS) is 15.1. The van der Waals surface area contributed by atoms with Gasteiger partial charge in [-0.15, -0.1) is 24.8 Å². The van der Waals surface area contributed by atoms with E-state index >= 15 is 0 Å². The second-order valence-corrected chi connectivity index (χ2v) is 8.85. The van der Waals surface area contributed by atoms with Gasteiger partial charge in [0.15, 0.2) is 0 Å². The van der Waals surface area contributed by atoms with E-state index in [-0.39, 0.29) is 68.3 Å². The number of carbonyl (C=O) groups is 2. The van der Waals surface area contributed by atoms with Crippen LogP contribution < -0.4 is 20.7 Å². The van der Waals surface area contributed by atoms with Crippen molar-refractivity contribution in [3.05, 3.63) is 88.5 Å². The fraction of sp³-hybridized carbons (Fsp3) is 0.269. The monoisotopic (exact) mass is 568 g/mol. The molecule has 0 aliphatic carbocycles. The number of fused-ring (bicyclic) bond motifs is 1. The van der Waals surface area contributed by atoms with Crippen LogP contribution in [0.2, 0.25) is 5.02 Å². The number of nitrogens with zero attached hydrogens (tertiary/aromatic N) is 2. The van der Waals surface area contributed by atoms with Gasteiger partial charge in [0, 0.05) is 25.1 Å². The van der Waals surface area contributed by atoms with Gasteiger partial charge in [-0.25, -0.2) is 4.39 Å². The second-order valence-electron chi connectivity index (χ2n) is 8.45. The maximum absolute atomic E-state index is 13.9. The zero-order valence-corrected chi connectivity index (χ0v) is 22.4. The van der Waals surface area contributed by atoms with Crippen LogP contribution in [0.4, 0.5) is 10.1 Å². The van der Waals surface area contributed by atoms with E-state index in [4.69, 9.17) is 22.1 Å². The highest BCUT2D eigenvalue weighted by Gasteiger charge is 2.34. The summed E-state index contributed by atoms with van der Waals surface area (Å²) in [5.41, 5.74) is 8.74. The molecule has 11 heteroatoms. The lowest BCUT2D eigenvalue weighted by molar-refractivity contribution is -0.128. The van der Waals surface area contributed by atoms with Crippen molar-refractivity contribution in [1.82, 2.24) is 10.3 Å². The number of methoxy groups -OCH3 is 1. The first-order valence-electron chi connectivity index (χ1n) is 11.2. The number of nitrogens with one attached hydrogen (secondary N) is 1. The molecule has 0 radical (unpaired) electrons. The molecule has 0 fully saturated rings. The Labute approximate surface area is 232 Å². The highest BCUT2D eigenvalue weighted by molar-refractivity contribution is 6.32. The maximum atomic E-state index is 13.9. The van der Waals surface area contributed by atoms with Crippen LogP contribution in [0.5, 0.6) is 5.75 Å². The quantitative estimate of drug-likeness (QED) is 0.423. The van der Waals surface area contributed by atoms with Crippen LogP contribution in [0.3, 0.4) is 0 Å². The largest absolute Gasteiger partial charge is 0.495 e. The van der Waals surface area contributed by atoms with Gasteiger partial charge in [0.1, 0.15) is 17.6 Å². The van der Waals surface area contributed by atoms with Gasteiger partial charge in [-0.05, 0) is 47.9 Å². The number of anilines is 1. The predicted octanol–water partition coefficient (Wildman–Crippen LogP) is 4.26. The molecule has 1 aliphatic heterocycles. The number of rotatable bonds is 8. The number of amides is 2. The molecule has 3 aromatic rings. The Morgan fingerprint density at radius 1 is 1.24 bits per heavy atom. The molecule has 2 heterocycles. The number of aromatic nitrogens is 1. The van der Waals surface area contributed by atoms with E-state index < -0.39 is 12.1 Å². The number of carbonyl (C=O) groups excluding carboxylic acids is 2. The summed E-state index contributed by atoms with van der Waals surface area (Å²) < 4.78 is 19.1. The molecule has 0 spiro atoms. The summed E-state index contributed by atoms with van der Waals surface area (Å²) in [7, 11) is 1.53. The molecule has 0 saturated carbocycles. The van der Waals surface area contributed by atoms with Gasteiger partial charge in [-0.3, -0.25) is 14.6 Å². The Bertz CT molecular complexity index is 1250. The van der Waals surface area contributed by atoms with Crippen LogP contribution in [0.1, 0.15) is 23.2 Å². The molecule has 2 atom stereocenters. The van der Waals surface area contributed by atoms with E-state index in [0.29, 0.717) is 27.7 Å². The van der Waals surface area contributed by atoms with Crippen LogP contribution >= 0.6 is 36.4 Å². The average Bonchev–Trinajstić information content (AvgIpc) is 2.83. The van der Waals surface area contributed by atoms with Crippen molar-refractivity contribution < 1.29 is 18.7 Å². The molecule has 3 N–H and O–H groups in total. The average molecular weight is 570 g/mol. The molecule has 1 aromatic heterocycles. The standard InChI is InChI=1S/C26H26ClFN4O3.2ClH/c1-35-24-9-8-16(11-19(24)27)15-32-23-7-4-10-30-21(23)14-22(26(32)34)31-25(33)13-18(29)12-17-5-2-3-6-20(17)28;;/h2-11,18,22H,12-15,29H2,1H3,(H,31,33);2*1H/t18-,22?;;/m1../s1. The lowest BCUT2D eigenvalue weighted by Crippen LogP contribution is -2.53. The first kappa shape index (κ1) is 30.3. The molecule has 7 nitrogen and oxygen atoms in total. The van der Waals surface area contributed by atoms with Crippen LogP contribution in [-0.4, -0.2) is 36.0 Å². The van der Waals surface area contributed by atoms with Crippen LogP contribution in [0.25, 0.3) is 0 Å². The topological polar surface area (TPSA) is 97.5 Å². The van der Waals surface area contributed by atoms with Gasteiger partial charge in [-0.1, -0.05) is 35.9 Å². The summed E-state index contributed by atoms with van der Waals surface area (Å²) in [6, 6.07) is 13.9. The van der Waals surface area contributed by atoms with Crippen molar-refractivity contribution in [3.8, 4) is 5.75 Å². The van der Waals surface area contributed by atoms with Crippen molar-refractivity contribution in [2.24, 2.45) is 5.73 Å². The number of benzene rings is 2. The summed E-state index contributed by atoms with van der Waals surface area (Å²) in [6.07, 6.45) is 2.10. The minimum absolute atomic E-state index is 0. The van der Waals surface area contributed by atoms with Gasteiger partial charge < -0.3 is 20.7 Å². The molecular weight excluding hydrogens is 542 g/mol. The zero-order valence-electron chi connectivity index (χ0n) is 20.0. The minimum atomic E-state index is -0.792.